The number of anilines is 2. The molecule has 1 aromatic carbocycles. The SMILES string of the molecule is CC/C=C/C(=O)OCC(=O)N1c2ccccc2NC(=O)C[C@H]1C. The molecule has 1 aliphatic rings. The fraction of sp³-hybridized carbons (Fsp3) is 0.353. The number of hydrogen-bond acceptors (Lipinski definition) is 4. The highest BCUT2D eigenvalue weighted by atomic mass is 16.5. The highest BCUT2D eigenvalue weighted by Crippen LogP contribution is 2.31. The first-order valence-electron chi connectivity index (χ1n) is 7.57. The Morgan fingerprint density at radius 2 is 2.13 bits per heavy atom. The van der Waals surface area contributed by atoms with Gasteiger partial charge in [-0.3, -0.25) is 9.59 Å². The van der Waals surface area contributed by atoms with Gasteiger partial charge in [0.05, 0.1) is 11.4 Å². The van der Waals surface area contributed by atoms with Crippen LogP contribution in [0.15, 0.2) is 36.4 Å². The topological polar surface area (TPSA) is 75.7 Å². The Hall–Kier alpha value is -2.63. The van der Waals surface area contributed by atoms with Gasteiger partial charge >= 0.3 is 5.97 Å². The van der Waals surface area contributed by atoms with Crippen molar-refractivity contribution in [1.29, 1.82) is 0 Å². The number of fused-ring (bicyclic) bond motifs is 1. The molecule has 23 heavy (non-hydrogen) atoms. The predicted octanol–water partition coefficient (Wildman–Crippen LogP) is 2.26. The van der Waals surface area contributed by atoms with Crippen molar-refractivity contribution in [3.8, 4) is 0 Å². The molecular formula is C17H20N2O4. The van der Waals surface area contributed by atoms with Gasteiger partial charge < -0.3 is 15.0 Å². The van der Waals surface area contributed by atoms with Crippen LogP contribution in [0.1, 0.15) is 26.7 Å². The van der Waals surface area contributed by atoms with Gasteiger partial charge in [-0.05, 0) is 25.5 Å². The van der Waals surface area contributed by atoms with Gasteiger partial charge in [-0.2, -0.15) is 0 Å². The predicted molar refractivity (Wildman–Crippen MR) is 87.0 cm³/mol. The second kappa shape index (κ2) is 7.58. The van der Waals surface area contributed by atoms with E-state index in [-0.39, 0.29) is 30.9 Å². The summed E-state index contributed by atoms with van der Waals surface area (Å²) in [5.41, 5.74) is 1.18. The van der Waals surface area contributed by atoms with Crippen molar-refractivity contribution in [3.05, 3.63) is 36.4 Å². The minimum absolute atomic E-state index is 0.150. The molecule has 0 bridgehead atoms. The molecule has 1 heterocycles. The quantitative estimate of drug-likeness (QED) is 0.683. The monoisotopic (exact) mass is 316 g/mol. The molecule has 6 heteroatoms. The fourth-order valence-electron chi connectivity index (χ4n) is 2.43. The van der Waals surface area contributed by atoms with Crippen LogP contribution >= 0.6 is 0 Å². The van der Waals surface area contributed by atoms with Crippen LogP contribution in [0, 0.1) is 0 Å². The molecule has 1 aliphatic heterocycles. The van der Waals surface area contributed by atoms with Crippen molar-refractivity contribution in [3.63, 3.8) is 0 Å². The Labute approximate surface area is 135 Å². The number of rotatable bonds is 4. The van der Waals surface area contributed by atoms with Crippen molar-refractivity contribution >= 4 is 29.2 Å². The van der Waals surface area contributed by atoms with Gasteiger partial charge in [0.15, 0.2) is 6.61 Å². The number of carbonyl (C=O) groups excluding carboxylic acids is 3. The summed E-state index contributed by atoms with van der Waals surface area (Å²) in [5.74, 6) is -1.06. The second-order valence-corrected chi connectivity index (χ2v) is 5.30. The van der Waals surface area contributed by atoms with Gasteiger partial charge in [-0.15, -0.1) is 0 Å². The molecule has 1 aromatic rings. The summed E-state index contributed by atoms with van der Waals surface area (Å²) < 4.78 is 4.97. The molecule has 0 unspecified atom stereocenters. The number of nitrogens with one attached hydrogen (secondary N) is 1. The van der Waals surface area contributed by atoms with E-state index in [2.05, 4.69) is 5.32 Å². The van der Waals surface area contributed by atoms with E-state index in [1.54, 1.807) is 37.3 Å². The highest BCUT2D eigenvalue weighted by molar-refractivity contribution is 6.05. The first-order valence-corrected chi connectivity index (χ1v) is 7.57. The molecule has 122 valence electrons. The summed E-state index contributed by atoms with van der Waals surface area (Å²) in [6.45, 7) is 3.33. The maximum Gasteiger partial charge on any atom is 0.330 e. The maximum atomic E-state index is 12.5. The van der Waals surface area contributed by atoms with Gasteiger partial charge in [-0.1, -0.05) is 25.1 Å². The van der Waals surface area contributed by atoms with Crippen LogP contribution in [0.25, 0.3) is 0 Å². The Morgan fingerprint density at radius 3 is 2.87 bits per heavy atom. The van der Waals surface area contributed by atoms with Gasteiger partial charge in [0.25, 0.3) is 5.91 Å². The zero-order valence-corrected chi connectivity index (χ0v) is 13.2. The lowest BCUT2D eigenvalue weighted by Crippen LogP contribution is -2.41. The van der Waals surface area contributed by atoms with Crippen molar-refractivity contribution in [1.82, 2.24) is 0 Å². The molecule has 0 radical (unpaired) electrons. The molecule has 1 N–H and O–H groups in total. The molecule has 1 atom stereocenters. The summed E-state index contributed by atoms with van der Waals surface area (Å²) in [5, 5.41) is 2.78. The van der Waals surface area contributed by atoms with E-state index >= 15 is 0 Å². The summed E-state index contributed by atoms with van der Waals surface area (Å²) in [6, 6.07) is 6.75. The molecule has 0 saturated heterocycles. The fourth-order valence-corrected chi connectivity index (χ4v) is 2.43. The number of hydrogen-bond donors (Lipinski definition) is 1. The first kappa shape index (κ1) is 16.7. The molecule has 0 spiro atoms. The van der Waals surface area contributed by atoms with Crippen LogP contribution in [0.4, 0.5) is 11.4 Å². The van der Waals surface area contributed by atoms with Crippen LogP contribution in [0.2, 0.25) is 0 Å². The molecule has 6 nitrogen and oxygen atoms in total. The summed E-state index contributed by atoms with van der Waals surface area (Å²) >= 11 is 0. The normalized spacial score (nSPS) is 17.4. The number of amides is 2. The van der Waals surface area contributed by atoms with Crippen molar-refractivity contribution in [2.24, 2.45) is 0 Å². The van der Waals surface area contributed by atoms with E-state index in [1.165, 1.54) is 11.0 Å². The van der Waals surface area contributed by atoms with Gasteiger partial charge in [-0.25, -0.2) is 4.79 Å². The highest BCUT2D eigenvalue weighted by Gasteiger charge is 2.29. The molecule has 0 fully saturated rings. The Morgan fingerprint density at radius 1 is 1.39 bits per heavy atom. The average molecular weight is 316 g/mol. The van der Waals surface area contributed by atoms with E-state index in [9.17, 15) is 14.4 Å². The number of para-hydroxylation sites is 2. The van der Waals surface area contributed by atoms with Gasteiger partial charge in [0.1, 0.15) is 0 Å². The third-order valence-electron chi connectivity index (χ3n) is 3.46. The number of ether oxygens (including phenoxy) is 1. The second-order valence-electron chi connectivity index (χ2n) is 5.30. The molecular weight excluding hydrogens is 296 g/mol. The maximum absolute atomic E-state index is 12.5. The zero-order valence-electron chi connectivity index (χ0n) is 13.2. The largest absolute Gasteiger partial charge is 0.452 e. The van der Waals surface area contributed by atoms with Gasteiger partial charge in [0.2, 0.25) is 5.91 Å². The Balaban J connectivity index is 2.16. The average Bonchev–Trinajstić information content (AvgIpc) is 2.64. The van der Waals surface area contributed by atoms with Crippen LogP contribution in [-0.4, -0.2) is 30.4 Å². The number of esters is 1. The number of benzene rings is 1. The first-order chi connectivity index (χ1) is 11.0. The van der Waals surface area contributed by atoms with Crippen molar-refractivity contribution in [2.45, 2.75) is 32.7 Å². The van der Waals surface area contributed by atoms with Crippen LogP contribution in [-0.2, 0) is 19.1 Å². The Kier molecular flexibility index (Phi) is 5.51. The third-order valence-corrected chi connectivity index (χ3v) is 3.46. The standard InChI is InChI=1S/C17H20N2O4/c1-3-4-9-17(22)23-11-16(21)19-12(2)10-15(20)18-13-7-5-6-8-14(13)19/h4-9,12H,3,10-11H2,1-2H3,(H,18,20)/b9-4+/t12-/m1/s1. The van der Waals surface area contributed by atoms with E-state index in [0.29, 0.717) is 17.8 Å². The molecule has 0 aromatic heterocycles. The van der Waals surface area contributed by atoms with E-state index in [1.807, 2.05) is 6.92 Å². The summed E-state index contributed by atoms with van der Waals surface area (Å²) in [4.78, 5) is 37.4. The summed E-state index contributed by atoms with van der Waals surface area (Å²) in [7, 11) is 0. The minimum Gasteiger partial charge on any atom is -0.452 e. The van der Waals surface area contributed by atoms with Crippen LogP contribution in [0.3, 0.4) is 0 Å². The molecule has 2 amide bonds. The zero-order chi connectivity index (χ0) is 16.8. The van der Waals surface area contributed by atoms with E-state index in [4.69, 9.17) is 4.74 Å². The lowest BCUT2D eigenvalue weighted by atomic mass is 10.1. The van der Waals surface area contributed by atoms with Crippen molar-refractivity contribution in [2.75, 3.05) is 16.8 Å². The third kappa shape index (κ3) is 4.18. The van der Waals surface area contributed by atoms with Crippen molar-refractivity contribution < 1.29 is 19.1 Å². The lowest BCUT2D eigenvalue weighted by molar-refractivity contribution is -0.143. The number of allylic oxidation sites excluding steroid dienone is 1. The van der Waals surface area contributed by atoms with E-state index in [0.717, 1.165) is 0 Å². The Bertz CT molecular complexity index is 639. The lowest BCUT2D eigenvalue weighted by Gasteiger charge is -2.27. The van der Waals surface area contributed by atoms with Crippen LogP contribution < -0.4 is 10.2 Å². The molecule has 0 aliphatic carbocycles. The smallest absolute Gasteiger partial charge is 0.330 e. The number of nitrogens with zero attached hydrogens (tertiary/aromatic N) is 1. The minimum atomic E-state index is -0.551. The molecule has 0 saturated carbocycles. The van der Waals surface area contributed by atoms with Crippen LogP contribution in [0.5, 0.6) is 0 Å². The molecule has 2 rings (SSSR count). The number of carbonyl (C=O) groups is 3. The summed E-state index contributed by atoms with van der Waals surface area (Å²) in [6.07, 6.45) is 3.87. The van der Waals surface area contributed by atoms with E-state index < -0.39 is 5.97 Å². The van der Waals surface area contributed by atoms with Gasteiger partial charge in [0, 0.05) is 18.5 Å².